The molecule has 0 aliphatic heterocycles. The first kappa shape index (κ1) is 25.4. The standard InChI is InChI=1S/C18H22F4N4OS.HI/c1-2-23-17(25-11-16-26-15(12-28-16)18(20,21)22)24-9-3-4-10-27-14-7-5-13(19)6-8-14;/h5-8,12H,2-4,9-11H2,1H3,(H2,23,24,25);1H. The predicted octanol–water partition coefficient (Wildman–Crippen LogP) is 4.83. The minimum atomic E-state index is -4.43. The Morgan fingerprint density at radius 2 is 1.90 bits per heavy atom. The summed E-state index contributed by atoms with van der Waals surface area (Å²) in [5, 5.41) is 7.46. The van der Waals surface area contributed by atoms with E-state index in [1.54, 1.807) is 12.1 Å². The van der Waals surface area contributed by atoms with Gasteiger partial charge >= 0.3 is 6.18 Å². The maximum Gasteiger partial charge on any atom is 0.434 e. The van der Waals surface area contributed by atoms with Crippen LogP contribution in [0.15, 0.2) is 34.6 Å². The van der Waals surface area contributed by atoms with Crippen molar-refractivity contribution < 1.29 is 22.3 Å². The first-order chi connectivity index (χ1) is 13.4. The number of alkyl halides is 3. The van der Waals surface area contributed by atoms with Gasteiger partial charge in [0, 0.05) is 18.5 Å². The molecule has 0 radical (unpaired) electrons. The van der Waals surface area contributed by atoms with E-state index < -0.39 is 11.9 Å². The summed E-state index contributed by atoms with van der Waals surface area (Å²) in [7, 11) is 0. The molecule has 0 amide bonds. The van der Waals surface area contributed by atoms with Gasteiger partial charge in [-0.1, -0.05) is 0 Å². The van der Waals surface area contributed by atoms with Crippen LogP contribution in [0, 0.1) is 5.82 Å². The summed E-state index contributed by atoms with van der Waals surface area (Å²) in [4.78, 5) is 7.82. The number of benzene rings is 1. The first-order valence-electron chi connectivity index (χ1n) is 8.80. The fourth-order valence-electron chi connectivity index (χ4n) is 2.16. The highest BCUT2D eigenvalue weighted by Gasteiger charge is 2.33. The molecule has 1 heterocycles. The number of halogens is 5. The van der Waals surface area contributed by atoms with Crippen molar-refractivity contribution in [2.75, 3.05) is 19.7 Å². The molecule has 0 saturated carbocycles. The van der Waals surface area contributed by atoms with E-state index in [2.05, 4.69) is 20.6 Å². The van der Waals surface area contributed by atoms with Crippen LogP contribution in [0.1, 0.15) is 30.5 Å². The van der Waals surface area contributed by atoms with E-state index in [0.717, 1.165) is 29.6 Å². The monoisotopic (exact) mass is 546 g/mol. The Balaban J connectivity index is 0.00000420. The third-order valence-corrected chi connectivity index (χ3v) is 4.34. The molecule has 0 saturated heterocycles. The lowest BCUT2D eigenvalue weighted by Gasteiger charge is -2.11. The van der Waals surface area contributed by atoms with E-state index in [-0.39, 0.29) is 36.3 Å². The van der Waals surface area contributed by atoms with E-state index in [1.165, 1.54) is 12.1 Å². The fraction of sp³-hybridized carbons (Fsp3) is 0.444. The molecule has 11 heteroatoms. The molecule has 0 fully saturated rings. The Bertz CT molecular complexity index is 753. The van der Waals surface area contributed by atoms with Crippen LogP contribution in [0.4, 0.5) is 17.6 Å². The SMILES string of the molecule is CCNC(=NCc1nc(C(F)(F)F)cs1)NCCCCOc1ccc(F)cc1.I. The van der Waals surface area contributed by atoms with Gasteiger partial charge in [0.2, 0.25) is 0 Å². The predicted molar refractivity (Wildman–Crippen MR) is 116 cm³/mol. The van der Waals surface area contributed by atoms with E-state index in [4.69, 9.17) is 4.74 Å². The van der Waals surface area contributed by atoms with Crippen molar-refractivity contribution >= 4 is 41.3 Å². The molecule has 1 aromatic carbocycles. The summed E-state index contributed by atoms with van der Waals surface area (Å²) in [6.45, 7) is 3.73. The Kier molecular flexibility index (Phi) is 11.2. The maximum atomic E-state index is 12.8. The van der Waals surface area contributed by atoms with Gasteiger partial charge in [0.15, 0.2) is 11.7 Å². The maximum absolute atomic E-state index is 12.8. The van der Waals surface area contributed by atoms with Crippen LogP contribution in [-0.4, -0.2) is 30.6 Å². The molecule has 0 bridgehead atoms. The third-order valence-electron chi connectivity index (χ3n) is 3.50. The number of hydrogen-bond acceptors (Lipinski definition) is 4. The minimum absolute atomic E-state index is 0. The Morgan fingerprint density at radius 3 is 2.52 bits per heavy atom. The smallest absolute Gasteiger partial charge is 0.434 e. The molecule has 29 heavy (non-hydrogen) atoms. The van der Waals surface area contributed by atoms with Crippen LogP contribution in [0.25, 0.3) is 0 Å². The minimum Gasteiger partial charge on any atom is -0.494 e. The van der Waals surface area contributed by atoms with E-state index in [1.807, 2.05) is 6.92 Å². The van der Waals surface area contributed by atoms with Crippen molar-refractivity contribution in [3.8, 4) is 5.75 Å². The summed E-state index contributed by atoms with van der Waals surface area (Å²) in [5.41, 5.74) is -0.887. The zero-order valence-corrected chi connectivity index (χ0v) is 18.9. The molecule has 0 aliphatic carbocycles. The third kappa shape index (κ3) is 9.61. The Labute approximate surface area is 188 Å². The topological polar surface area (TPSA) is 58.5 Å². The Hall–Kier alpha value is -1.63. The highest BCUT2D eigenvalue weighted by atomic mass is 127. The second kappa shape index (κ2) is 12.8. The molecule has 2 rings (SSSR count). The quantitative estimate of drug-likeness (QED) is 0.156. The highest BCUT2D eigenvalue weighted by molar-refractivity contribution is 14.0. The summed E-state index contributed by atoms with van der Waals surface area (Å²) < 4.78 is 56.0. The molecule has 0 aliphatic rings. The van der Waals surface area contributed by atoms with Crippen LogP contribution in [0.2, 0.25) is 0 Å². The lowest BCUT2D eigenvalue weighted by atomic mass is 10.3. The van der Waals surface area contributed by atoms with Crippen molar-refractivity contribution in [3.63, 3.8) is 0 Å². The number of guanidine groups is 1. The zero-order valence-electron chi connectivity index (χ0n) is 15.8. The molecular formula is C18H23F4IN4OS. The Morgan fingerprint density at radius 1 is 1.17 bits per heavy atom. The van der Waals surface area contributed by atoms with Gasteiger partial charge < -0.3 is 15.4 Å². The summed E-state index contributed by atoms with van der Waals surface area (Å²) in [6, 6.07) is 5.84. The molecule has 2 aromatic rings. The number of aromatic nitrogens is 1. The summed E-state index contributed by atoms with van der Waals surface area (Å²) in [6.07, 6.45) is -2.84. The highest BCUT2D eigenvalue weighted by Crippen LogP contribution is 2.30. The number of hydrogen-bond donors (Lipinski definition) is 2. The van der Waals surface area contributed by atoms with Crippen molar-refractivity contribution in [2.45, 2.75) is 32.5 Å². The number of thiazole rings is 1. The van der Waals surface area contributed by atoms with Crippen molar-refractivity contribution in [2.24, 2.45) is 4.99 Å². The zero-order chi connectivity index (χ0) is 20.4. The van der Waals surface area contributed by atoms with Gasteiger partial charge in [-0.25, -0.2) is 14.4 Å². The molecular weight excluding hydrogens is 523 g/mol. The number of aliphatic imine (C=N–C) groups is 1. The van der Waals surface area contributed by atoms with E-state index >= 15 is 0 Å². The number of ether oxygens (including phenoxy) is 1. The molecule has 0 spiro atoms. The average Bonchev–Trinajstić information content (AvgIpc) is 3.13. The summed E-state index contributed by atoms with van der Waals surface area (Å²) in [5.74, 6) is 0.829. The number of nitrogens with one attached hydrogen (secondary N) is 2. The fourth-order valence-corrected chi connectivity index (χ4v) is 2.88. The molecule has 1 aromatic heterocycles. The van der Waals surface area contributed by atoms with Crippen LogP contribution in [-0.2, 0) is 12.7 Å². The lowest BCUT2D eigenvalue weighted by molar-refractivity contribution is -0.140. The van der Waals surface area contributed by atoms with Crippen LogP contribution < -0.4 is 15.4 Å². The van der Waals surface area contributed by atoms with Crippen molar-refractivity contribution in [1.29, 1.82) is 0 Å². The van der Waals surface area contributed by atoms with Crippen LogP contribution >= 0.6 is 35.3 Å². The van der Waals surface area contributed by atoms with E-state index in [9.17, 15) is 17.6 Å². The van der Waals surface area contributed by atoms with Gasteiger partial charge in [-0.3, -0.25) is 0 Å². The molecule has 162 valence electrons. The van der Waals surface area contributed by atoms with Gasteiger partial charge in [-0.2, -0.15) is 13.2 Å². The largest absolute Gasteiger partial charge is 0.494 e. The van der Waals surface area contributed by atoms with Gasteiger partial charge in [0.1, 0.15) is 16.6 Å². The van der Waals surface area contributed by atoms with Crippen LogP contribution in [0.3, 0.4) is 0 Å². The lowest BCUT2D eigenvalue weighted by Crippen LogP contribution is -2.37. The second-order valence-corrected chi connectivity index (χ2v) is 6.70. The number of unbranched alkanes of at least 4 members (excludes halogenated alkanes) is 1. The van der Waals surface area contributed by atoms with E-state index in [0.29, 0.717) is 36.4 Å². The second-order valence-electron chi connectivity index (χ2n) is 5.76. The number of nitrogens with zero attached hydrogens (tertiary/aromatic N) is 2. The summed E-state index contributed by atoms with van der Waals surface area (Å²) >= 11 is 0.936. The van der Waals surface area contributed by atoms with Gasteiger partial charge in [0.25, 0.3) is 0 Å². The van der Waals surface area contributed by atoms with Gasteiger partial charge in [-0.05, 0) is 44.0 Å². The van der Waals surface area contributed by atoms with Crippen LogP contribution in [0.5, 0.6) is 5.75 Å². The molecule has 0 atom stereocenters. The molecule has 0 unspecified atom stereocenters. The van der Waals surface area contributed by atoms with Gasteiger partial charge in [0.05, 0.1) is 13.2 Å². The number of rotatable bonds is 9. The first-order valence-corrected chi connectivity index (χ1v) is 9.68. The van der Waals surface area contributed by atoms with Crippen molar-refractivity contribution in [3.05, 3.63) is 46.2 Å². The average molecular weight is 546 g/mol. The van der Waals surface area contributed by atoms with Gasteiger partial charge in [-0.15, -0.1) is 35.3 Å². The molecule has 5 nitrogen and oxygen atoms in total. The normalized spacial score (nSPS) is 11.7. The van der Waals surface area contributed by atoms with Crippen molar-refractivity contribution in [1.82, 2.24) is 15.6 Å². The molecule has 2 N–H and O–H groups in total.